The minimum Gasteiger partial charge on any atom is -0.466 e. The molecule has 0 bridgehead atoms. The van der Waals surface area contributed by atoms with Gasteiger partial charge in [-0.3, -0.25) is 14.5 Å². The van der Waals surface area contributed by atoms with E-state index in [0.29, 0.717) is 19.7 Å². The quantitative estimate of drug-likeness (QED) is 0.638. The van der Waals surface area contributed by atoms with Crippen molar-refractivity contribution >= 4 is 17.9 Å². The van der Waals surface area contributed by atoms with Crippen molar-refractivity contribution in [2.45, 2.75) is 32.7 Å². The van der Waals surface area contributed by atoms with E-state index in [1.807, 2.05) is 6.92 Å². The lowest BCUT2D eigenvalue weighted by Crippen LogP contribution is -3.17. The average molecular weight is 298 g/mol. The number of piperidine rings is 1. The summed E-state index contributed by atoms with van der Waals surface area (Å²) in [6.45, 7) is 6.55. The molecule has 0 saturated carbocycles. The smallest absolute Gasteiger partial charge is 0.324 e. The second-order valence-corrected chi connectivity index (χ2v) is 5.63. The number of hydrogen-bond acceptors (Lipinski definition) is 4. The number of amides is 3. The van der Waals surface area contributed by atoms with Crippen LogP contribution in [0.25, 0.3) is 0 Å². The predicted molar refractivity (Wildman–Crippen MR) is 74.6 cm³/mol. The molecule has 0 aliphatic carbocycles. The number of nitrogens with one attached hydrogen (secondary N) is 2. The molecule has 2 fully saturated rings. The van der Waals surface area contributed by atoms with E-state index in [0.717, 1.165) is 30.8 Å². The van der Waals surface area contributed by atoms with E-state index in [1.165, 1.54) is 4.90 Å². The van der Waals surface area contributed by atoms with Gasteiger partial charge in [0, 0.05) is 25.9 Å². The highest BCUT2D eigenvalue weighted by Gasteiger charge is 2.38. The third-order valence-electron chi connectivity index (χ3n) is 4.35. The van der Waals surface area contributed by atoms with Gasteiger partial charge >= 0.3 is 12.0 Å². The molecular weight excluding hydrogens is 274 g/mol. The highest BCUT2D eigenvalue weighted by Crippen LogP contribution is 2.12. The summed E-state index contributed by atoms with van der Waals surface area (Å²) in [6.07, 6.45) is 1.47. The maximum atomic E-state index is 12.3. The number of esters is 1. The van der Waals surface area contributed by atoms with Gasteiger partial charge in [-0.15, -0.1) is 0 Å². The van der Waals surface area contributed by atoms with Crippen molar-refractivity contribution in [1.29, 1.82) is 0 Å². The van der Waals surface area contributed by atoms with Crippen molar-refractivity contribution in [2.75, 3.05) is 32.8 Å². The largest absolute Gasteiger partial charge is 0.466 e. The number of ether oxygens (including phenoxy) is 1. The van der Waals surface area contributed by atoms with Gasteiger partial charge in [-0.05, 0) is 13.8 Å². The topological polar surface area (TPSA) is 80.2 Å². The number of hydrogen-bond donors (Lipinski definition) is 2. The van der Waals surface area contributed by atoms with Crippen LogP contribution in [0.4, 0.5) is 4.79 Å². The molecule has 0 aromatic rings. The zero-order valence-corrected chi connectivity index (χ0v) is 12.7. The van der Waals surface area contributed by atoms with Crippen LogP contribution < -0.4 is 10.2 Å². The van der Waals surface area contributed by atoms with E-state index in [-0.39, 0.29) is 29.9 Å². The molecule has 21 heavy (non-hydrogen) atoms. The fourth-order valence-corrected chi connectivity index (χ4v) is 3.01. The Morgan fingerprint density at radius 3 is 2.62 bits per heavy atom. The first kappa shape index (κ1) is 15.8. The maximum absolute atomic E-state index is 12.3. The molecule has 0 radical (unpaired) electrons. The Bertz CT molecular complexity index is 418. The molecule has 118 valence electrons. The van der Waals surface area contributed by atoms with Crippen LogP contribution in [0, 0.1) is 5.92 Å². The fourth-order valence-electron chi connectivity index (χ4n) is 3.01. The van der Waals surface area contributed by atoms with Crippen molar-refractivity contribution in [2.24, 2.45) is 5.92 Å². The Balaban J connectivity index is 1.85. The Morgan fingerprint density at radius 1 is 1.43 bits per heavy atom. The fraction of sp³-hybridized carbons (Fsp3) is 0.786. The van der Waals surface area contributed by atoms with Crippen molar-refractivity contribution in [3.63, 3.8) is 0 Å². The Labute approximate surface area is 124 Å². The van der Waals surface area contributed by atoms with E-state index in [1.54, 1.807) is 6.92 Å². The van der Waals surface area contributed by atoms with Gasteiger partial charge in [0.15, 0.2) is 6.04 Å². The molecule has 1 atom stereocenters. The minimum absolute atomic E-state index is 0.0499. The SMILES string of the molecule is CCOC(=O)C1CC[NH+]([C@H](C)C(=O)N2CCNC2=O)CC1. The van der Waals surface area contributed by atoms with Gasteiger partial charge < -0.3 is 15.0 Å². The van der Waals surface area contributed by atoms with Crippen molar-refractivity contribution in [1.82, 2.24) is 10.2 Å². The predicted octanol–water partition coefficient (Wildman–Crippen LogP) is -1.22. The van der Waals surface area contributed by atoms with Crippen LogP contribution in [0.3, 0.4) is 0 Å². The first-order chi connectivity index (χ1) is 10.0. The van der Waals surface area contributed by atoms with Gasteiger partial charge in [0.2, 0.25) is 0 Å². The molecule has 7 nitrogen and oxygen atoms in total. The lowest BCUT2D eigenvalue weighted by atomic mass is 9.96. The molecular formula is C14H24N3O4+. The van der Waals surface area contributed by atoms with Crippen LogP contribution in [0.5, 0.6) is 0 Å². The van der Waals surface area contributed by atoms with Gasteiger partial charge in [0.1, 0.15) is 0 Å². The second kappa shape index (κ2) is 6.89. The Morgan fingerprint density at radius 2 is 2.10 bits per heavy atom. The normalized spacial score (nSPS) is 27.1. The third kappa shape index (κ3) is 3.53. The second-order valence-electron chi connectivity index (χ2n) is 5.63. The Hall–Kier alpha value is -1.63. The molecule has 0 aromatic carbocycles. The van der Waals surface area contributed by atoms with Gasteiger partial charge in [-0.2, -0.15) is 0 Å². The van der Waals surface area contributed by atoms with Crippen LogP contribution >= 0.6 is 0 Å². The first-order valence-corrected chi connectivity index (χ1v) is 7.65. The summed E-state index contributed by atoms with van der Waals surface area (Å²) in [5, 5.41) is 2.64. The summed E-state index contributed by atoms with van der Waals surface area (Å²) in [4.78, 5) is 38.0. The van der Waals surface area contributed by atoms with E-state index >= 15 is 0 Å². The number of imide groups is 1. The van der Waals surface area contributed by atoms with Crippen molar-refractivity contribution in [3.8, 4) is 0 Å². The molecule has 0 aromatic heterocycles. The average Bonchev–Trinajstić information content (AvgIpc) is 2.92. The first-order valence-electron chi connectivity index (χ1n) is 7.65. The van der Waals surface area contributed by atoms with Gasteiger partial charge in [0.05, 0.1) is 25.6 Å². The van der Waals surface area contributed by atoms with Crippen molar-refractivity contribution in [3.05, 3.63) is 0 Å². The van der Waals surface area contributed by atoms with Gasteiger partial charge in [-0.1, -0.05) is 0 Å². The number of rotatable bonds is 4. The van der Waals surface area contributed by atoms with E-state index in [9.17, 15) is 14.4 Å². The molecule has 7 heteroatoms. The summed E-state index contributed by atoms with van der Waals surface area (Å²) in [5.41, 5.74) is 0. The minimum atomic E-state index is -0.298. The van der Waals surface area contributed by atoms with E-state index in [2.05, 4.69) is 5.32 Å². The molecule has 2 aliphatic heterocycles. The molecule has 2 rings (SSSR count). The van der Waals surface area contributed by atoms with Crippen LogP contribution in [0.1, 0.15) is 26.7 Å². The lowest BCUT2D eigenvalue weighted by Gasteiger charge is -2.32. The van der Waals surface area contributed by atoms with E-state index in [4.69, 9.17) is 4.74 Å². The molecule has 2 N–H and O–H groups in total. The van der Waals surface area contributed by atoms with Crippen LogP contribution in [0.15, 0.2) is 0 Å². The molecule has 2 aliphatic rings. The molecule has 0 unspecified atom stereocenters. The lowest BCUT2D eigenvalue weighted by molar-refractivity contribution is -0.920. The molecule has 3 amide bonds. The number of carbonyl (C=O) groups excluding carboxylic acids is 3. The highest BCUT2D eigenvalue weighted by molar-refractivity contribution is 5.97. The van der Waals surface area contributed by atoms with Gasteiger partial charge in [0.25, 0.3) is 5.91 Å². The number of nitrogens with zero attached hydrogens (tertiary/aromatic N) is 1. The number of carbonyl (C=O) groups is 3. The van der Waals surface area contributed by atoms with Crippen LogP contribution in [0.2, 0.25) is 0 Å². The van der Waals surface area contributed by atoms with Crippen LogP contribution in [-0.2, 0) is 14.3 Å². The highest BCUT2D eigenvalue weighted by atomic mass is 16.5. The number of quaternary nitrogens is 1. The van der Waals surface area contributed by atoms with Gasteiger partial charge in [-0.25, -0.2) is 4.79 Å². The number of urea groups is 1. The van der Waals surface area contributed by atoms with Crippen molar-refractivity contribution < 1.29 is 24.0 Å². The molecule has 0 spiro atoms. The number of likely N-dealkylation sites (tertiary alicyclic amines) is 1. The zero-order chi connectivity index (χ0) is 15.4. The zero-order valence-electron chi connectivity index (χ0n) is 12.7. The molecule has 2 saturated heterocycles. The summed E-state index contributed by atoms with van der Waals surface area (Å²) in [7, 11) is 0. The van der Waals surface area contributed by atoms with E-state index < -0.39 is 0 Å². The summed E-state index contributed by atoms with van der Waals surface area (Å²) in [5.74, 6) is -0.310. The van der Waals surface area contributed by atoms with Crippen LogP contribution in [-0.4, -0.2) is 61.6 Å². The summed E-state index contributed by atoms with van der Waals surface area (Å²) < 4.78 is 5.04. The summed E-state index contributed by atoms with van der Waals surface area (Å²) in [6, 6.07) is -0.551. The Kier molecular flexibility index (Phi) is 5.17. The molecule has 2 heterocycles. The monoisotopic (exact) mass is 298 g/mol. The summed E-state index contributed by atoms with van der Waals surface area (Å²) >= 11 is 0. The third-order valence-corrected chi connectivity index (χ3v) is 4.35. The standard InChI is InChI=1S/C14H23N3O4/c1-3-21-13(19)11-4-7-16(8-5-11)10(2)12(18)17-9-6-15-14(17)20/h10-11H,3-9H2,1-2H3,(H,15,20)/p+1/t10-/m1/s1. The maximum Gasteiger partial charge on any atom is 0.324 e.